The minimum absolute atomic E-state index is 0.0362. The summed E-state index contributed by atoms with van der Waals surface area (Å²) in [5.74, 6) is -1.28. The fourth-order valence-electron chi connectivity index (χ4n) is 7.86. The van der Waals surface area contributed by atoms with E-state index in [9.17, 15) is 27.6 Å². The molecule has 2 amide bonds. The molecule has 2 saturated carbocycles. The van der Waals surface area contributed by atoms with E-state index in [2.05, 4.69) is 4.98 Å². The van der Waals surface area contributed by atoms with E-state index < -0.39 is 35.4 Å². The number of amides is 2. The minimum atomic E-state index is -4.59. The molecule has 11 heteroatoms. The van der Waals surface area contributed by atoms with Crippen LogP contribution in [0.1, 0.15) is 28.3 Å². The van der Waals surface area contributed by atoms with Gasteiger partial charge >= 0.3 is 11.0 Å². The third-order valence-electron chi connectivity index (χ3n) is 9.35. The minimum Gasteiger partial charge on any atom is -0.457 e. The van der Waals surface area contributed by atoms with Gasteiger partial charge in [0.05, 0.1) is 28.1 Å². The van der Waals surface area contributed by atoms with Gasteiger partial charge in [-0.2, -0.15) is 13.2 Å². The van der Waals surface area contributed by atoms with E-state index >= 15 is 0 Å². The number of alkyl halides is 3. The Balaban J connectivity index is 1.18. The highest BCUT2D eigenvalue weighted by Crippen LogP contribution is 2.68. The van der Waals surface area contributed by atoms with Gasteiger partial charge in [0, 0.05) is 16.0 Å². The number of fused-ring (bicyclic) bond motifs is 9. The van der Waals surface area contributed by atoms with Crippen molar-refractivity contribution >= 4 is 40.6 Å². The van der Waals surface area contributed by atoms with Gasteiger partial charge in [0.15, 0.2) is 0 Å². The molecule has 1 N–H and O–H groups in total. The smallest absolute Gasteiger partial charge is 0.416 e. The molecule has 1 saturated heterocycles. The van der Waals surface area contributed by atoms with Crippen molar-refractivity contribution in [3.05, 3.63) is 105 Å². The number of thioether (sulfide) groups is 1. The second-order valence-electron chi connectivity index (χ2n) is 11.5. The van der Waals surface area contributed by atoms with Gasteiger partial charge in [-0.1, -0.05) is 47.7 Å². The molecule has 4 aromatic rings. The van der Waals surface area contributed by atoms with Crippen LogP contribution in [0.25, 0.3) is 0 Å². The number of imide groups is 1. The Labute approximate surface area is 251 Å². The summed E-state index contributed by atoms with van der Waals surface area (Å²) in [6.45, 7) is 0. The molecule has 4 aliphatic rings. The number of carbonyl (C=O) groups is 2. The standard InChI is InChI=1S/C32H23F3N2O4S2/c33-32(34,35)16-7-5-8-17(13-16)37-29(38)24-20-14-21(25(24)30(37)39)26-23(20)22(27-28(42-26)36-31(40)43-27)15-6-4-11-19(12-15)41-18-9-2-1-3-10-18/h1-13,20-26H,14H2,(H,36,40)/t20-,21-,22?,23?,24?,25?,26?/m1/s1. The van der Waals surface area contributed by atoms with E-state index in [1.807, 2.05) is 54.6 Å². The number of H-pyrrole nitrogens is 1. The van der Waals surface area contributed by atoms with Crippen molar-refractivity contribution in [1.29, 1.82) is 0 Å². The highest BCUT2D eigenvalue weighted by molar-refractivity contribution is 8.00. The second kappa shape index (κ2) is 9.59. The van der Waals surface area contributed by atoms with Crippen LogP contribution in [-0.4, -0.2) is 22.0 Å². The average molecular weight is 621 g/mol. The molecule has 3 fully saturated rings. The molecule has 2 bridgehead atoms. The van der Waals surface area contributed by atoms with Gasteiger partial charge in [0.25, 0.3) is 0 Å². The quantitative estimate of drug-likeness (QED) is 0.251. The summed E-state index contributed by atoms with van der Waals surface area (Å²) in [7, 11) is 0. The van der Waals surface area contributed by atoms with Gasteiger partial charge in [0.1, 0.15) is 11.5 Å². The Morgan fingerprint density at radius 1 is 0.837 bits per heavy atom. The van der Waals surface area contributed by atoms with Crippen molar-refractivity contribution in [2.45, 2.75) is 28.8 Å². The first-order valence-electron chi connectivity index (χ1n) is 14.0. The first-order valence-corrected chi connectivity index (χ1v) is 15.7. The van der Waals surface area contributed by atoms with Crippen LogP contribution in [0.5, 0.6) is 11.5 Å². The van der Waals surface area contributed by atoms with E-state index in [0.717, 1.165) is 32.5 Å². The van der Waals surface area contributed by atoms with Crippen LogP contribution in [0.2, 0.25) is 0 Å². The van der Waals surface area contributed by atoms with Crippen LogP contribution < -0.4 is 14.5 Å². The Kier molecular flexibility index (Phi) is 5.97. The second-order valence-corrected chi connectivity index (χ2v) is 13.7. The molecule has 7 atom stereocenters. The molecule has 3 aromatic carbocycles. The highest BCUT2D eigenvalue weighted by Gasteiger charge is 2.69. The summed E-state index contributed by atoms with van der Waals surface area (Å²) < 4.78 is 46.5. The van der Waals surface area contributed by atoms with Gasteiger partial charge < -0.3 is 9.72 Å². The van der Waals surface area contributed by atoms with Crippen LogP contribution in [0.4, 0.5) is 18.9 Å². The number of aromatic nitrogens is 1. The monoisotopic (exact) mass is 620 g/mol. The number of ether oxygens (including phenoxy) is 1. The Hall–Kier alpha value is -3.83. The SMILES string of the molecule is O=C1C2C(C(=O)N1c1cccc(C(F)(F)F)c1)[C@@H]1C[C@H]2C2Sc3[nH]c(=O)sc3C(c3cccc(Oc4ccccc4)c3)C21. The molecule has 2 aliphatic carbocycles. The molecular formula is C32H23F3N2O4S2. The largest absolute Gasteiger partial charge is 0.457 e. The van der Waals surface area contributed by atoms with Crippen molar-refractivity contribution in [2.75, 3.05) is 4.90 Å². The molecule has 2 aliphatic heterocycles. The maximum absolute atomic E-state index is 13.9. The average Bonchev–Trinajstić information content (AvgIpc) is 3.72. The zero-order valence-corrected chi connectivity index (χ0v) is 23.9. The molecule has 43 heavy (non-hydrogen) atoms. The summed E-state index contributed by atoms with van der Waals surface area (Å²) in [4.78, 5) is 45.0. The fraction of sp³-hybridized carbons (Fsp3) is 0.281. The predicted molar refractivity (Wildman–Crippen MR) is 155 cm³/mol. The molecule has 8 rings (SSSR count). The van der Waals surface area contributed by atoms with E-state index in [1.165, 1.54) is 23.5 Å². The normalized spacial score (nSPS) is 29.0. The lowest BCUT2D eigenvalue weighted by atomic mass is 9.68. The summed E-state index contributed by atoms with van der Waals surface area (Å²) in [6, 6.07) is 21.6. The number of anilines is 1. The number of hydrogen-bond donors (Lipinski definition) is 1. The Morgan fingerprint density at radius 2 is 1.56 bits per heavy atom. The molecule has 0 spiro atoms. The van der Waals surface area contributed by atoms with Gasteiger partial charge in [-0.3, -0.25) is 19.3 Å². The summed E-state index contributed by atoms with van der Waals surface area (Å²) in [5, 5.41) is 0.747. The number of rotatable bonds is 4. The predicted octanol–water partition coefficient (Wildman–Crippen LogP) is 6.93. The summed E-state index contributed by atoms with van der Waals surface area (Å²) >= 11 is 2.73. The maximum atomic E-state index is 13.9. The molecule has 6 nitrogen and oxygen atoms in total. The lowest BCUT2D eigenvalue weighted by Gasteiger charge is -2.43. The summed E-state index contributed by atoms with van der Waals surface area (Å²) in [5.41, 5.74) is 0.0109. The van der Waals surface area contributed by atoms with E-state index in [0.29, 0.717) is 17.9 Å². The number of nitrogens with zero attached hydrogens (tertiary/aromatic N) is 1. The van der Waals surface area contributed by atoms with Gasteiger partial charge in [-0.05, 0) is 72.2 Å². The lowest BCUT2D eigenvalue weighted by Crippen LogP contribution is -2.42. The van der Waals surface area contributed by atoms with Crippen molar-refractivity contribution in [1.82, 2.24) is 4.98 Å². The number of para-hydroxylation sites is 1. The van der Waals surface area contributed by atoms with E-state index in [1.54, 1.807) is 11.8 Å². The molecule has 1 aromatic heterocycles. The molecular weight excluding hydrogens is 597 g/mol. The van der Waals surface area contributed by atoms with E-state index in [-0.39, 0.29) is 39.5 Å². The zero-order chi connectivity index (χ0) is 29.6. The zero-order valence-electron chi connectivity index (χ0n) is 22.3. The van der Waals surface area contributed by atoms with Crippen molar-refractivity contribution < 1.29 is 27.5 Å². The highest BCUT2D eigenvalue weighted by atomic mass is 32.2. The lowest BCUT2D eigenvalue weighted by molar-refractivity contribution is -0.137. The first-order chi connectivity index (χ1) is 20.7. The van der Waals surface area contributed by atoms with Crippen LogP contribution >= 0.6 is 23.1 Å². The van der Waals surface area contributed by atoms with E-state index in [4.69, 9.17) is 4.74 Å². The number of benzene rings is 3. The van der Waals surface area contributed by atoms with Gasteiger partial charge in [-0.25, -0.2) is 0 Å². The van der Waals surface area contributed by atoms with Crippen molar-refractivity contribution in [3.8, 4) is 11.5 Å². The fourth-order valence-corrected chi connectivity index (χ4v) is 10.8. The number of halogens is 3. The number of nitrogens with one attached hydrogen (secondary N) is 1. The number of hydrogen-bond acceptors (Lipinski definition) is 6. The van der Waals surface area contributed by atoms with Crippen LogP contribution in [0.3, 0.4) is 0 Å². The topological polar surface area (TPSA) is 79.5 Å². The molecule has 5 unspecified atom stereocenters. The Morgan fingerprint density at radius 3 is 2.33 bits per heavy atom. The molecule has 0 radical (unpaired) electrons. The van der Waals surface area contributed by atoms with Gasteiger partial charge in [0.2, 0.25) is 11.8 Å². The number of aromatic amines is 1. The molecule has 3 heterocycles. The third kappa shape index (κ3) is 4.11. The number of thiazole rings is 1. The van der Waals surface area contributed by atoms with Crippen LogP contribution in [-0.2, 0) is 15.8 Å². The Bertz CT molecular complexity index is 1840. The van der Waals surface area contributed by atoms with Crippen LogP contribution in [0.15, 0.2) is 88.7 Å². The van der Waals surface area contributed by atoms with Crippen molar-refractivity contribution in [3.63, 3.8) is 0 Å². The summed E-state index contributed by atoms with van der Waals surface area (Å²) in [6.07, 6.45) is -3.91. The number of carbonyl (C=O) groups excluding carboxylic acids is 2. The molecule has 218 valence electrons. The maximum Gasteiger partial charge on any atom is 0.416 e. The van der Waals surface area contributed by atoms with Crippen molar-refractivity contribution in [2.24, 2.45) is 29.6 Å². The first kappa shape index (κ1) is 26.8. The third-order valence-corrected chi connectivity index (χ3v) is 11.9. The van der Waals surface area contributed by atoms with Crippen LogP contribution in [0, 0.1) is 29.6 Å². The van der Waals surface area contributed by atoms with Gasteiger partial charge in [-0.15, -0.1) is 11.8 Å².